The Hall–Kier alpha value is -3.87. The highest BCUT2D eigenvalue weighted by Gasteiger charge is 2.13. The summed E-state index contributed by atoms with van der Waals surface area (Å²) < 4.78 is 2.04. The molecule has 0 aliphatic carbocycles. The van der Waals surface area contributed by atoms with Crippen LogP contribution in [-0.2, 0) is 0 Å². The quantitative estimate of drug-likeness (QED) is 0.429. The van der Waals surface area contributed by atoms with E-state index in [1.54, 1.807) is 24.4 Å². The van der Waals surface area contributed by atoms with Crippen molar-refractivity contribution in [2.45, 2.75) is 27.7 Å². The number of benzene rings is 2. The fraction of sp³-hybridized carbons (Fsp3) is 0.174. The average molecular weight is 404 g/mol. The lowest BCUT2D eigenvalue weighted by atomic mass is 10.1. The largest absolute Gasteiger partial charge is 0.478 e. The summed E-state index contributed by atoms with van der Waals surface area (Å²) in [7, 11) is 0. The number of anilines is 1. The van der Waals surface area contributed by atoms with Gasteiger partial charge in [0.25, 0.3) is 0 Å². The van der Waals surface area contributed by atoms with Crippen LogP contribution in [-0.4, -0.2) is 27.9 Å². The highest BCUT2D eigenvalue weighted by Crippen LogP contribution is 2.23. The van der Waals surface area contributed by atoms with Gasteiger partial charge in [-0.2, -0.15) is 5.10 Å². The number of hydrogen-bond acceptors (Lipinski definition) is 3. The van der Waals surface area contributed by atoms with Crippen molar-refractivity contribution >= 4 is 23.9 Å². The summed E-state index contributed by atoms with van der Waals surface area (Å²) >= 11 is 0. The third-order valence-electron chi connectivity index (χ3n) is 4.83. The summed E-state index contributed by atoms with van der Waals surface area (Å²) in [6.45, 7) is 7.77. The molecule has 1 aromatic heterocycles. The highest BCUT2D eigenvalue weighted by molar-refractivity contribution is 5.91. The van der Waals surface area contributed by atoms with Crippen LogP contribution >= 0.6 is 0 Å². The van der Waals surface area contributed by atoms with E-state index in [-0.39, 0.29) is 5.56 Å². The van der Waals surface area contributed by atoms with Gasteiger partial charge in [-0.05, 0) is 69.7 Å². The number of aryl methyl sites for hydroxylation is 3. The van der Waals surface area contributed by atoms with Gasteiger partial charge in [0.2, 0.25) is 0 Å². The molecule has 0 atom stereocenters. The fourth-order valence-electron chi connectivity index (χ4n) is 3.28. The van der Waals surface area contributed by atoms with Gasteiger partial charge in [-0.1, -0.05) is 17.7 Å². The van der Waals surface area contributed by atoms with E-state index in [1.807, 2.05) is 62.6 Å². The van der Waals surface area contributed by atoms with Gasteiger partial charge in [0.05, 0.1) is 11.8 Å². The Morgan fingerprint density at radius 2 is 1.70 bits per heavy atom. The molecule has 2 aromatic carbocycles. The van der Waals surface area contributed by atoms with Crippen LogP contribution in [0.4, 0.5) is 10.5 Å². The Balaban J connectivity index is 1.74. The van der Waals surface area contributed by atoms with Crippen molar-refractivity contribution in [1.82, 2.24) is 9.99 Å². The van der Waals surface area contributed by atoms with Crippen LogP contribution in [0.5, 0.6) is 0 Å². The molecule has 0 aliphatic rings. The molecule has 0 unspecified atom stereocenters. The minimum Gasteiger partial charge on any atom is -0.478 e. The van der Waals surface area contributed by atoms with Gasteiger partial charge in [0.1, 0.15) is 0 Å². The molecular formula is C23H24N4O3. The first-order valence-corrected chi connectivity index (χ1v) is 9.46. The Morgan fingerprint density at radius 3 is 2.33 bits per heavy atom. The van der Waals surface area contributed by atoms with Crippen molar-refractivity contribution in [2.24, 2.45) is 5.10 Å². The molecule has 3 aromatic rings. The summed E-state index contributed by atoms with van der Waals surface area (Å²) in [5, 5.41) is 15.9. The first-order chi connectivity index (χ1) is 14.3. The predicted molar refractivity (Wildman–Crippen MR) is 118 cm³/mol. The number of urea groups is 1. The number of amides is 2. The van der Waals surface area contributed by atoms with Gasteiger partial charge in [-0.25, -0.2) is 15.0 Å². The maximum absolute atomic E-state index is 12.0. The fourth-order valence-corrected chi connectivity index (χ4v) is 3.28. The molecule has 3 rings (SSSR count). The van der Waals surface area contributed by atoms with E-state index in [4.69, 9.17) is 5.11 Å². The highest BCUT2D eigenvalue weighted by atomic mass is 16.4. The SMILES string of the molecule is Cc1ccc(NC(=O)N/N=C/c2cc(C)n(-c3ccc(C(=O)O)cc3C)c2C)cc1. The number of carbonyl (C=O) groups is 2. The van der Waals surface area contributed by atoms with Gasteiger partial charge in [-0.15, -0.1) is 0 Å². The smallest absolute Gasteiger partial charge is 0.339 e. The van der Waals surface area contributed by atoms with Gasteiger partial charge in [-0.3, -0.25) is 0 Å². The Kier molecular flexibility index (Phi) is 6.01. The zero-order chi connectivity index (χ0) is 21.8. The van der Waals surface area contributed by atoms with Crippen LogP contribution in [0.3, 0.4) is 0 Å². The van der Waals surface area contributed by atoms with Crippen LogP contribution in [0.25, 0.3) is 5.69 Å². The number of hydrogen-bond donors (Lipinski definition) is 3. The minimum absolute atomic E-state index is 0.254. The van der Waals surface area contributed by atoms with Gasteiger partial charge >= 0.3 is 12.0 Å². The molecule has 7 heteroatoms. The number of nitrogens with one attached hydrogen (secondary N) is 2. The van der Waals surface area contributed by atoms with E-state index in [9.17, 15) is 9.59 Å². The molecule has 7 nitrogen and oxygen atoms in total. The Labute approximate surface area is 175 Å². The molecular weight excluding hydrogens is 380 g/mol. The number of aromatic nitrogens is 1. The Bertz CT molecular complexity index is 1130. The zero-order valence-corrected chi connectivity index (χ0v) is 17.4. The van der Waals surface area contributed by atoms with Crippen molar-refractivity contribution in [1.29, 1.82) is 0 Å². The first-order valence-electron chi connectivity index (χ1n) is 9.46. The molecule has 2 amide bonds. The van der Waals surface area contributed by atoms with E-state index < -0.39 is 12.0 Å². The molecule has 30 heavy (non-hydrogen) atoms. The van der Waals surface area contributed by atoms with E-state index >= 15 is 0 Å². The molecule has 3 N–H and O–H groups in total. The van der Waals surface area contributed by atoms with Crippen molar-refractivity contribution in [2.75, 3.05) is 5.32 Å². The lowest BCUT2D eigenvalue weighted by Gasteiger charge is -2.13. The molecule has 154 valence electrons. The summed E-state index contributed by atoms with van der Waals surface area (Å²) in [5.74, 6) is -0.951. The second-order valence-electron chi connectivity index (χ2n) is 7.16. The number of aromatic carboxylic acids is 1. The third kappa shape index (κ3) is 4.57. The van der Waals surface area contributed by atoms with E-state index in [2.05, 4.69) is 15.8 Å². The van der Waals surface area contributed by atoms with Gasteiger partial charge in [0, 0.05) is 28.3 Å². The number of carboxylic acid groups (broad SMARTS) is 1. The number of rotatable bonds is 5. The summed E-state index contributed by atoms with van der Waals surface area (Å²) in [4.78, 5) is 23.2. The molecule has 0 saturated carbocycles. The summed E-state index contributed by atoms with van der Waals surface area (Å²) in [6, 6.07) is 14.1. The van der Waals surface area contributed by atoms with Crippen LogP contribution < -0.4 is 10.7 Å². The number of hydrazone groups is 1. The number of carboxylic acids is 1. The lowest BCUT2D eigenvalue weighted by Crippen LogP contribution is -2.24. The summed E-state index contributed by atoms with van der Waals surface area (Å²) in [6.07, 6.45) is 1.59. The maximum atomic E-state index is 12.0. The predicted octanol–water partition coefficient (Wildman–Crippen LogP) is 4.56. The molecule has 1 heterocycles. The molecule has 0 fully saturated rings. The molecule has 0 radical (unpaired) electrons. The monoisotopic (exact) mass is 404 g/mol. The third-order valence-corrected chi connectivity index (χ3v) is 4.83. The van der Waals surface area contributed by atoms with Crippen LogP contribution in [0, 0.1) is 27.7 Å². The van der Waals surface area contributed by atoms with Crippen molar-refractivity contribution in [3.63, 3.8) is 0 Å². The van der Waals surface area contributed by atoms with Crippen LogP contribution in [0.15, 0.2) is 53.6 Å². The van der Waals surface area contributed by atoms with Gasteiger partial charge in [0.15, 0.2) is 0 Å². The number of nitrogens with zero attached hydrogens (tertiary/aromatic N) is 2. The lowest BCUT2D eigenvalue weighted by molar-refractivity contribution is 0.0696. The first kappa shape index (κ1) is 20.9. The van der Waals surface area contributed by atoms with Crippen molar-refractivity contribution < 1.29 is 14.7 Å². The summed E-state index contributed by atoms with van der Waals surface area (Å²) in [5.41, 5.74) is 9.04. The molecule has 0 saturated heterocycles. The van der Waals surface area contributed by atoms with Crippen LogP contribution in [0.1, 0.15) is 38.4 Å². The number of carbonyl (C=O) groups excluding carboxylic acids is 1. The standard InChI is InChI=1S/C23H24N4O3/c1-14-5-8-20(9-6-14)25-23(30)26-24-13-19-12-16(3)27(17(19)4)21-10-7-18(22(28)29)11-15(21)2/h5-13H,1-4H3,(H,28,29)(H2,25,26,30)/b24-13+. The second kappa shape index (κ2) is 8.65. The minimum atomic E-state index is -0.951. The Morgan fingerprint density at radius 1 is 1.00 bits per heavy atom. The molecule has 0 aliphatic heterocycles. The topological polar surface area (TPSA) is 95.7 Å². The molecule has 0 spiro atoms. The van der Waals surface area contributed by atoms with Crippen molar-refractivity contribution in [3.05, 3.63) is 82.2 Å². The molecule has 0 bridgehead atoms. The normalized spacial score (nSPS) is 10.9. The van der Waals surface area contributed by atoms with Gasteiger partial charge < -0.3 is 15.0 Å². The van der Waals surface area contributed by atoms with Crippen LogP contribution in [0.2, 0.25) is 0 Å². The maximum Gasteiger partial charge on any atom is 0.339 e. The van der Waals surface area contributed by atoms with E-state index in [0.29, 0.717) is 5.69 Å². The zero-order valence-electron chi connectivity index (χ0n) is 17.4. The van der Waals surface area contributed by atoms with E-state index in [1.165, 1.54) is 0 Å². The van der Waals surface area contributed by atoms with E-state index in [0.717, 1.165) is 33.8 Å². The second-order valence-corrected chi connectivity index (χ2v) is 7.16. The average Bonchev–Trinajstić information content (AvgIpc) is 2.97. The van der Waals surface area contributed by atoms with Crippen molar-refractivity contribution in [3.8, 4) is 5.69 Å².